The molecule has 3 aromatic carbocycles. The molecule has 6 heteroatoms. The van der Waals surface area contributed by atoms with Gasteiger partial charge in [0.1, 0.15) is 11.5 Å². The van der Waals surface area contributed by atoms with Crippen LogP contribution in [-0.2, 0) is 0 Å². The van der Waals surface area contributed by atoms with Gasteiger partial charge in [0.15, 0.2) is 0 Å². The molecule has 1 aromatic heterocycles. The Morgan fingerprint density at radius 1 is 0.935 bits per heavy atom. The number of carbonyl (C=O) groups is 1. The molecule has 0 aliphatic carbocycles. The molecule has 0 bridgehead atoms. The molecule has 0 unspecified atom stereocenters. The minimum Gasteiger partial charge on any atom is -0.508 e. The van der Waals surface area contributed by atoms with Crippen molar-refractivity contribution in [2.24, 2.45) is 5.10 Å². The molecule has 0 aliphatic heterocycles. The molecule has 31 heavy (non-hydrogen) atoms. The Morgan fingerprint density at radius 2 is 1.74 bits per heavy atom. The normalized spacial score (nSPS) is 11.5. The molecule has 4 aromatic rings. The van der Waals surface area contributed by atoms with Gasteiger partial charge in [0.05, 0.1) is 22.5 Å². The summed E-state index contributed by atoms with van der Waals surface area (Å²) in [6.45, 7) is 3.67. The van der Waals surface area contributed by atoms with E-state index in [0.29, 0.717) is 28.0 Å². The van der Waals surface area contributed by atoms with Gasteiger partial charge in [-0.05, 0) is 44.2 Å². The van der Waals surface area contributed by atoms with Crippen LogP contribution in [0.3, 0.4) is 0 Å². The highest BCUT2D eigenvalue weighted by Crippen LogP contribution is 2.26. The Hall–Kier alpha value is -4.19. The molecule has 4 rings (SSSR count). The highest BCUT2D eigenvalue weighted by molar-refractivity contribution is 6.08. The van der Waals surface area contributed by atoms with Crippen molar-refractivity contribution in [2.75, 3.05) is 0 Å². The van der Waals surface area contributed by atoms with Gasteiger partial charge in [-0.15, -0.1) is 0 Å². The molecule has 0 atom stereocenters. The SMILES string of the molecule is C/C(=N\NC(=O)c1cc(-c2cccc(C)c2)nc2ccccc12)c1ccc(O)cc1O. The molecule has 0 fully saturated rings. The Labute approximate surface area is 179 Å². The summed E-state index contributed by atoms with van der Waals surface area (Å²) < 4.78 is 0. The zero-order chi connectivity index (χ0) is 22.0. The lowest BCUT2D eigenvalue weighted by Crippen LogP contribution is -2.20. The van der Waals surface area contributed by atoms with Crippen molar-refractivity contribution in [3.8, 4) is 22.8 Å². The van der Waals surface area contributed by atoms with Crippen LogP contribution < -0.4 is 5.43 Å². The molecule has 0 aliphatic rings. The number of benzene rings is 3. The number of phenolic OH excluding ortho intramolecular Hbond substituents is 2. The Bertz CT molecular complexity index is 1330. The maximum absolute atomic E-state index is 13.0. The number of nitrogens with one attached hydrogen (secondary N) is 1. The number of rotatable bonds is 4. The van der Waals surface area contributed by atoms with Gasteiger partial charge in [-0.25, -0.2) is 10.4 Å². The van der Waals surface area contributed by atoms with Crippen molar-refractivity contribution in [1.29, 1.82) is 0 Å². The van der Waals surface area contributed by atoms with E-state index in [4.69, 9.17) is 4.98 Å². The monoisotopic (exact) mass is 411 g/mol. The van der Waals surface area contributed by atoms with E-state index in [2.05, 4.69) is 10.5 Å². The van der Waals surface area contributed by atoms with Gasteiger partial charge in [0, 0.05) is 22.6 Å². The highest BCUT2D eigenvalue weighted by Gasteiger charge is 2.14. The summed E-state index contributed by atoms with van der Waals surface area (Å²) in [6, 6.07) is 21.4. The topological polar surface area (TPSA) is 94.8 Å². The minimum atomic E-state index is -0.384. The Balaban J connectivity index is 1.71. The fourth-order valence-corrected chi connectivity index (χ4v) is 3.40. The van der Waals surface area contributed by atoms with Crippen LogP contribution in [0.5, 0.6) is 11.5 Å². The molecule has 154 valence electrons. The number of fused-ring (bicyclic) bond motifs is 1. The fourth-order valence-electron chi connectivity index (χ4n) is 3.40. The van der Waals surface area contributed by atoms with E-state index in [1.54, 1.807) is 13.0 Å². The molecule has 3 N–H and O–H groups in total. The molecule has 0 saturated carbocycles. The maximum Gasteiger partial charge on any atom is 0.272 e. The zero-order valence-corrected chi connectivity index (χ0v) is 17.1. The summed E-state index contributed by atoms with van der Waals surface area (Å²) in [4.78, 5) is 17.8. The number of hydrogen-bond acceptors (Lipinski definition) is 5. The molecule has 0 saturated heterocycles. The molecule has 1 heterocycles. The summed E-state index contributed by atoms with van der Waals surface area (Å²) in [6.07, 6.45) is 0. The van der Waals surface area contributed by atoms with E-state index in [1.165, 1.54) is 18.2 Å². The van der Waals surface area contributed by atoms with Crippen LogP contribution in [0.2, 0.25) is 0 Å². The van der Waals surface area contributed by atoms with Crippen molar-refractivity contribution < 1.29 is 15.0 Å². The quantitative estimate of drug-likeness (QED) is 0.333. The van der Waals surface area contributed by atoms with Crippen molar-refractivity contribution in [1.82, 2.24) is 10.4 Å². The van der Waals surface area contributed by atoms with Crippen molar-refractivity contribution in [2.45, 2.75) is 13.8 Å². The van der Waals surface area contributed by atoms with Gasteiger partial charge in [0.25, 0.3) is 5.91 Å². The van der Waals surface area contributed by atoms with Gasteiger partial charge in [0.2, 0.25) is 0 Å². The van der Waals surface area contributed by atoms with E-state index < -0.39 is 0 Å². The number of pyridine rings is 1. The number of nitrogens with zero attached hydrogens (tertiary/aromatic N) is 2. The number of aryl methyl sites for hydroxylation is 1. The van der Waals surface area contributed by atoms with Crippen LogP contribution in [0, 0.1) is 6.92 Å². The average molecular weight is 411 g/mol. The second kappa shape index (κ2) is 8.28. The number of carbonyl (C=O) groups excluding carboxylic acids is 1. The lowest BCUT2D eigenvalue weighted by molar-refractivity contribution is 0.0956. The van der Waals surface area contributed by atoms with E-state index in [9.17, 15) is 15.0 Å². The van der Waals surface area contributed by atoms with Crippen molar-refractivity contribution in [3.05, 3.63) is 89.5 Å². The first-order valence-electron chi connectivity index (χ1n) is 9.76. The summed E-state index contributed by atoms with van der Waals surface area (Å²) in [7, 11) is 0. The zero-order valence-electron chi connectivity index (χ0n) is 17.1. The van der Waals surface area contributed by atoms with Gasteiger partial charge in [-0.3, -0.25) is 4.79 Å². The molecular formula is C25H21N3O3. The fraction of sp³-hybridized carbons (Fsp3) is 0.0800. The first kappa shape index (κ1) is 20.1. The van der Waals surface area contributed by atoms with Crippen LogP contribution in [0.25, 0.3) is 22.2 Å². The second-order valence-electron chi connectivity index (χ2n) is 7.28. The van der Waals surface area contributed by atoms with Gasteiger partial charge in [-0.2, -0.15) is 5.10 Å². The van der Waals surface area contributed by atoms with Gasteiger partial charge in [-0.1, -0.05) is 42.0 Å². The molecule has 0 radical (unpaired) electrons. The largest absolute Gasteiger partial charge is 0.508 e. The minimum absolute atomic E-state index is 0.0509. The number of aromatic nitrogens is 1. The number of phenols is 2. The number of hydrogen-bond donors (Lipinski definition) is 3. The third-order valence-corrected chi connectivity index (χ3v) is 4.97. The van der Waals surface area contributed by atoms with Crippen LogP contribution in [-0.4, -0.2) is 26.8 Å². The first-order chi connectivity index (χ1) is 14.9. The summed E-state index contributed by atoms with van der Waals surface area (Å²) >= 11 is 0. The van der Waals surface area contributed by atoms with E-state index in [1.807, 2.05) is 55.5 Å². The first-order valence-corrected chi connectivity index (χ1v) is 9.76. The van der Waals surface area contributed by atoms with E-state index in [-0.39, 0.29) is 17.4 Å². The van der Waals surface area contributed by atoms with Crippen LogP contribution in [0.4, 0.5) is 0 Å². The Morgan fingerprint density at radius 3 is 2.52 bits per heavy atom. The predicted octanol–water partition coefficient (Wildman–Crippen LogP) is 4.78. The lowest BCUT2D eigenvalue weighted by atomic mass is 10.0. The smallest absolute Gasteiger partial charge is 0.272 e. The van der Waals surface area contributed by atoms with Crippen LogP contribution >= 0.6 is 0 Å². The number of para-hydroxylation sites is 1. The van der Waals surface area contributed by atoms with Gasteiger partial charge < -0.3 is 10.2 Å². The highest BCUT2D eigenvalue weighted by atomic mass is 16.3. The predicted molar refractivity (Wildman–Crippen MR) is 121 cm³/mol. The second-order valence-corrected chi connectivity index (χ2v) is 7.28. The summed E-state index contributed by atoms with van der Waals surface area (Å²) in [5, 5.41) is 24.3. The van der Waals surface area contributed by atoms with Crippen LogP contribution in [0.1, 0.15) is 28.4 Å². The van der Waals surface area contributed by atoms with Crippen molar-refractivity contribution >= 4 is 22.5 Å². The van der Waals surface area contributed by atoms with E-state index >= 15 is 0 Å². The Kier molecular flexibility index (Phi) is 5.37. The number of aromatic hydroxyl groups is 2. The summed E-state index contributed by atoms with van der Waals surface area (Å²) in [5.41, 5.74) is 7.28. The van der Waals surface area contributed by atoms with Crippen LogP contribution in [0.15, 0.2) is 77.9 Å². The average Bonchev–Trinajstić information content (AvgIpc) is 2.76. The standard InChI is InChI=1S/C25H21N3O3/c1-15-6-5-7-17(12-15)23-14-21(20-8-3-4-9-22(20)26-23)25(31)28-27-16(2)19-11-10-18(29)13-24(19)30/h3-14,29-30H,1-2H3,(H,28,31)/b27-16+. The third kappa shape index (κ3) is 4.23. The maximum atomic E-state index is 13.0. The molecule has 6 nitrogen and oxygen atoms in total. The molecule has 1 amide bonds. The number of amides is 1. The van der Waals surface area contributed by atoms with E-state index in [0.717, 1.165) is 16.5 Å². The van der Waals surface area contributed by atoms with Crippen molar-refractivity contribution in [3.63, 3.8) is 0 Å². The number of hydrazone groups is 1. The summed E-state index contributed by atoms with van der Waals surface area (Å²) in [5.74, 6) is -0.554. The molecular weight excluding hydrogens is 390 g/mol. The lowest BCUT2D eigenvalue weighted by Gasteiger charge is -2.10. The molecule has 0 spiro atoms. The third-order valence-electron chi connectivity index (χ3n) is 4.97. The van der Waals surface area contributed by atoms with Gasteiger partial charge >= 0.3 is 0 Å².